The number of para-hydroxylation sites is 1. The van der Waals surface area contributed by atoms with Crippen LogP contribution in [0.25, 0.3) is 17.1 Å². The maximum atomic E-state index is 11.4. The standard InChI is InChI=1S/C19H12ClN5O2S/c20-14-8-9-17(16(11-14)25(26)27)28-19-23-22-18(13-5-4-10-21-12-13)24(19)15-6-2-1-3-7-15/h1-12H. The average molecular weight is 410 g/mol. The molecule has 0 aliphatic rings. The van der Waals surface area contributed by atoms with Crippen LogP contribution < -0.4 is 0 Å². The van der Waals surface area contributed by atoms with Crippen molar-refractivity contribution in [3.63, 3.8) is 0 Å². The van der Waals surface area contributed by atoms with Gasteiger partial charge in [0.25, 0.3) is 5.69 Å². The smallest absolute Gasteiger partial charge is 0.270 e. The van der Waals surface area contributed by atoms with Crippen LogP contribution in [-0.2, 0) is 0 Å². The fraction of sp³-hybridized carbons (Fsp3) is 0. The molecule has 0 radical (unpaired) electrons. The second-order valence-corrected chi connectivity index (χ2v) is 7.14. The Morgan fingerprint density at radius 1 is 1.04 bits per heavy atom. The zero-order valence-electron chi connectivity index (χ0n) is 14.3. The van der Waals surface area contributed by atoms with Crippen molar-refractivity contribution < 1.29 is 4.92 Å². The Morgan fingerprint density at radius 2 is 1.86 bits per heavy atom. The molecule has 0 amide bonds. The topological polar surface area (TPSA) is 86.7 Å². The molecule has 0 saturated carbocycles. The second-order valence-electron chi connectivity index (χ2n) is 5.69. The molecule has 2 heterocycles. The number of pyridine rings is 1. The van der Waals surface area contributed by atoms with Gasteiger partial charge in [0.1, 0.15) is 0 Å². The maximum absolute atomic E-state index is 11.4. The fourth-order valence-electron chi connectivity index (χ4n) is 2.65. The minimum Gasteiger partial charge on any atom is -0.270 e. The summed E-state index contributed by atoms with van der Waals surface area (Å²) in [7, 11) is 0. The van der Waals surface area contributed by atoms with Crippen molar-refractivity contribution in [3.05, 3.63) is 88.2 Å². The summed E-state index contributed by atoms with van der Waals surface area (Å²) in [4.78, 5) is 15.5. The number of nitro benzene ring substituents is 1. The molecule has 2 aromatic carbocycles. The summed E-state index contributed by atoms with van der Waals surface area (Å²) in [5.74, 6) is 0.596. The van der Waals surface area contributed by atoms with E-state index in [0.29, 0.717) is 20.9 Å². The lowest BCUT2D eigenvalue weighted by molar-refractivity contribution is -0.387. The van der Waals surface area contributed by atoms with Crippen molar-refractivity contribution in [1.29, 1.82) is 0 Å². The maximum Gasteiger partial charge on any atom is 0.284 e. The quantitative estimate of drug-likeness (QED) is 0.339. The van der Waals surface area contributed by atoms with Crippen LogP contribution in [0.5, 0.6) is 0 Å². The molecule has 7 nitrogen and oxygen atoms in total. The van der Waals surface area contributed by atoms with Gasteiger partial charge in [-0.1, -0.05) is 29.8 Å². The Bertz CT molecular complexity index is 1140. The number of hydrogen-bond acceptors (Lipinski definition) is 6. The molecule has 138 valence electrons. The molecule has 0 aliphatic carbocycles. The summed E-state index contributed by atoms with van der Waals surface area (Å²) in [5, 5.41) is 20.8. The highest BCUT2D eigenvalue weighted by atomic mass is 35.5. The molecule has 0 atom stereocenters. The first-order valence-corrected chi connectivity index (χ1v) is 9.36. The summed E-state index contributed by atoms with van der Waals surface area (Å²) in [5.41, 5.74) is 1.55. The minimum absolute atomic E-state index is 0.0805. The average Bonchev–Trinajstić information content (AvgIpc) is 3.14. The molecule has 4 rings (SSSR count). The van der Waals surface area contributed by atoms with Crippen LogP contribution in [0.2, 0.25) is 5.02 Å². The lowest BCUT2D eigenvalue weighted by Crippen LogP contribution is -2.00. The molecular weight excluding hydrogens is 398 g/mol. The third kappa shape index (κ3) is 3.60. The number of halogens is 1. The second kappa shape index (κ2) is 7.79. The molecule has 0 N–H and O–H groups in total. The molecule has 28 heavy (non-hydrogen) atoms. The van der Waals surface area contributed by atoms with Crippen LogP contribution in [0.15, 0.2) is 83.1 Å². The number of benzene rings is 2. The van der Waals surface area contributed by atoms with Gasteiger partial charge in [0.2, 0.25) is 5.16 Å². The molecule has 0 spiro atoms. The molecular formula is C19H12ClN5O2S. The summed E-state index contributed by atoms with van der Waals surface area (Å²) in [6.45, 7) is 0. The van der Waals surface area contributed by atoms with Gasteiger partial charge in [-0.15, -0.1) is 10.2 Å². The van der Waals surface area contributed by atoms with Crippen LogP contribution in [0.1, 0.15) is 0 Å². The molecule has 0 bridgehead atoms. The monoisotopic (exact) mass is 409 g/mol. The van der Waals surface area contributed by atoms with Gasteiger partial charge in [0.15, 0.2) is 5.82 Å². The predicted octanol–water partition coefficient (Wildman–Crippen LogP) is 5.04. The molecule has 9 heteroatoms. The van der Waals surface area contributed by atoms with Gasteiger partial charge in [-0.25, -0.2) is 0 Å². The summed E-state index contributed by atoms with van der Waals surface area (Å²) >= 11 is 7.08. The minimum atomic E-state index is -0.459. The third-order valence-corrected chi connectivity index (χ3v) is 5.13. The van der Waals surface area contributed by atoms with E-state index in [0.717, 1.165) is 23.0 Å². The third-order valence-electron chi connectivity index (χ3n) is 3.89. The van der Waals surface area contributed by atoms with Gasteiger partial charge in [0.05, 0.1) is 9.82 Å². The van der Waals surface area contributed by atoms with E-state index in [1.54, 1.807) is 24.5 Å². The van der Waals surface area contributed by atoms with E-state index in [1.807, 2.05) is 47.0 Å². The van der Waals surface area contributed by atoms with Crippen LogP contribution >= 0.6 is 23.4 Å². The number of rotatable bonds is 5. The van der Waals surface area contributed by atoms with E-state index in [9.17, 15) is 10.1 Å². The summed E-state index contributed by atoms with van der Waals surface area (Å²) in [6.07, 6.45) is 3.38. The number of nitro groups is 1. The Balaban J connectivity index is 1.85. The highest BCUT2D eigenvalue weighted by Gasteiger charge is 2.21. The van der Waals surface area contributed by atoms with E-state index in [2.05, 4.69) is 15.2 Å². The Morgan fingerprint density at radius 3 is 2.57 bits per heavy atom. The lowest BCUT2D eigenvalue weighted by Gasteiger charge is -2.10. The van der Waals surface area contributed by atoms with Gasteiger partial charge in [0, 0.05) is 34.7 Å². The lowest BCUT2D eigenvalue weighted by atomic mass is 10.2. The normalized spacial score (nSPS) is 10.8. The number of hydrogen-bond donors (Lipinski definition) is 0. The van der Waals surface area contributed by atoms with Gasteiger partial charge in [-0.2, -0.15) is 0 Å². The van der Waals surface area contributed by atoms with Crippen LogP contribution in [0.4, 0.5) is 5.69 Å². The van der Waals surface area contributed by atoms with Crippen LogP contribution in [0.3, 0.4) is 0 Å². The molecule has 0 aliphatic heterocycles. The van der Waals surface area contributed by atoms with Crippen molar-refractivity contribution in [2.45, 2.75) is 10.1 Å². The molecule has 0 unspecified atom stereocenters. The number of aromatic nitrogens is 4. The number of nitrogens with zero attached hydrogens (tertiary/aromatic N) is 5. The van der Waals surface area contributed by atoms with Gasteiger partial charge in [-0.05, 0) is 48.2 Å². The van der Waals surface area contributed by atoms with E-state index in [4.69, 9.17) is 11.6 Å². The van der Waals surface area contributed by atoms with E-state index in [1.165, 1.54) is 6.07 Å². The SMILES string of the molecule is O=[N+]([O-])c1cc(Cl)ccc1Sc1nnc(-c2cccnc2)n1-c1ccccc1. The van der Waals surface area contributed by atoms with Crippen molar-refractivity contribution in [1.82, 2.24) is 19.7 Å². The van der Waals surface area contributed by atoms with Crippen molar-refractivity contribution in [3.8, 4) is 17.1 Å². The van der Waals surface area contributed by atoms with E-state index < -0.39 is 4.92 Å². The van der Waals surface area contributed by atoms with Crippen molar-refractivity contribution >= 4 is 29.1 Å². The van der Waals surface area contributed by atoms with Gasteiger partial charge >= 0.3 is 0 Å². The van der Waals surface area contributed by atoms with E-state index >= 15 is 0 Å². The van der Waals surface area contributed by atoms with Crippen LogP contribution in [-0.4, -0.2) is 24.7 Å². The molecule has 0 fully saturated rings. The van der Waals surface area contributed by atoms with Gasteiger partial charge in [-0.3, -0.25) is 19.7 Å². The first-order valence-electron chi connectivity index (χ1n) is 8.16. The predicted molar refractivity (Wildman–Crippen MR) is 107 cm³/mol. The zero-order chi connectivity index (χ0) is 19.5. The highest BCUT2D eigenvalue weighted by molar-refractivity contribution is 7.99. The van der Waals surface area contributed by atoms with Crippen LogP contribution in [0, 0.1) is 10.1 Å². The fourth-order valence-corrected chi connectivity index (χ4v) is 3.75. The Labute approximate surface area is 169 Å². The Hall–Kier alpha value is -3.23. The largest absolute Gasteiger partial charge is 0.284 e. The highest BCUT2D eigenvalue weighted by Crippen LogP contribution is 2.37. The zero-order valence-corrected chi connectivity index (χ0v) is 15.8. The summed E-state index contributed by atoms with van der Waals surface area (Å²) < 4.78 is 1.85. The first-order chi connectivity index (χ1) is 13.6. The summed E-state index contributed by atoms with van der Waals surface area (Å²) in [6, 6.07) is 17.8. The van der Waals surface area contributed by atoms with Gasteiger partial charge < -0.3 is 0 Å². The molecule has 4 aromatic rings. The van der Waals surface area contributed by atoms with Crippen molar-refractivity contribution in [2.75, 3.05) is 0 Å². The van der Waals surface area contributed by atoms with Crippen molar-refractivity contribution in [2.24, 2.45) is 0 Å². The molecule has 0 saturated heterocycles. The van der Waals surface area contributed by atoms with E-state index in [-0.39, 0.29) is 5.69 Å². The molecule has 2 aromatic heterocycles. The Kier molecular flexibility index (Phi) is 5.05. The first kappa shape index (κ1) is 18.1.